The van der Waals surface area contributed by atoms with Crippen molar-refractivity contribution >= 4 is 11.9 Å². The van der Waals surface area contributed by atoms with E-state index in [2.05, 4.69) is 12.1 Å². The van der Waals surface area contributed by atoms with E-state index < -0.39 is 11.9 Å². The van der Waals surface area contributed by atoms with E-state index in [4.69, 9.17) is 4.98 Å². The zero-order valence-electron chi connectivity index (χ0n) is 19.3. The topological polar surface area (TPSA) is 70.5 Å². The fraction of sp³-hybridized carbons (Fsp3) is 0.536. The van der Waals surface area contributed by atoms with Gasteiger partial charge >= 0.3 is 5.97 Å². The van der Waals surface area contributed by atoms with Crippen LogP contribution in [0.4, 0.5) is 0 Å². The van der Waals surface area contributed by atoms with Crippen molar-refractivity contribution in [3.63, 3.8) is 0 Å². The number of carboxylic acids is 1. The number of piperidine rings is 1. The Kier molecular flexibility index (Phi) is 6.48. The van der Waals surface area contributed by atoms with E-state index in [1.807, 2.05) is 35.2 Å². The Morgan fingerprint density at radius 3 is 2.45 bits per heavy atom. The highest BCUT2D eigenvalue weighted by molar-refractivity contribution is 5.80. The number of fused-ring (bicyclic) bond motifs is 1. The average molecular weight is 447 g/mol. The number of benzene rings is 1. The largest absolute Gasteiger partial charge is 0.481 e. The minimum absolute atomic E-state index is 0.0242. The van der Waals surface area contributed by atoms with Crippen molar-refractivity contribution in [2.24, 2.45) is 11.8 Å². The summed E-state index contributed by atoms with van der Waals surface area (Å²) in [6.45, 7) is 1.56. The van der Waals surface area contributed by atoms with Gasteiger partial charge in [-0.25, -0.2) is 0 Å². The molecule has 1 unspecified atom stereocenters. The molecule has 2 aliphatic carbocycles. The smallest absolute Gasteiger partial charge is 0.311 e. The molecule has 3 atom stereocenters. The van der Waals surface area contributed by atoms with Crippen molar-refractivity contribution in [1.29, 1.82) is 0 Å². The molecule has 1 aromatic heterocycles. The fourth-order valence-corrected chi connectivity index (χ4v) is 6.30. The first-order valence-electron chi connectivity index (χ1n) is 12.7. The van der Waals surface area contributed by atoms with Crippen molar-refractivity contribution in [3.05, 3.63) is 65.0 Å². The Morgan fingerprint density at radius 2 is 1.70 bits per heavy atom. The Balaban J connectivity index is 1.18. The SMILES string of the molecule is O=C(O)[C@H](c1ccccc1)C1CC[C@@H](C(=O)N2CCC(c3ccc4c(n3)CCCC4)CC2)C1. The zero-order valence-corrected chi connectivity index (χ0v) is 19.3. The lowest BCUT2D eigenvalue weighted by molar-refractivity contribution is -0.141. The molecule has 0 spiro atoms. The van der Waals surface area contributed by atoms with Crippen LogP contribution in [0.3, 0.4) is 0 Å². The van der Waals surface area contributed by atoms with Crippen LogP contribution in [0.25, 0.3) is 0 Å². The number of carboxylic acid groups (broad SMARTS) is 1. The Bertz CT molecular complexity index is 997. The zero-order chi connectivity index (χ0) is 22.8. The first-order chi connectivity index (χ1) is 16.1. The van der Waals surface area contributed by atoms with Gasteiger partial charge in [-0.15, -0.1) is 0 Å². The van der Waals surface area contributed by atoms with E-state index in [0.29, 0.717) is 12.3 Å². The summed E-state index contributed by atoms with van der Waals surface area (Å²) in [5, 5.41) is 9.87. The summed E-state index contributed by atoms with van der Waals surface area (Å²) >= 11 is 0. The summed E-state index contributed by atoms with van der Waals surface area (Å²) in [5.74, 6) is -0.656. The molecule has 2 aromatic rings. The number of pyridine rings is 1. The van der Waals surface area contributed by atoms with Crippen LogP contribution in [0, 0.1) is 11.8 Å². The Labute approximate surface area is 196 Å². The van der Waals surface area contributed by atoms with Gasteiger partial charge in [-0.3, -0.25) is 14.6 Å². The van der Waals surface area contributed by atoms with Crippen LogP contribution in [0.1, 0.15) is 79.3 Å². The maximum Gasteiger partial charge on any atom is 0.311 e. The second-order valence-electron chi connectivity index (χ2n) is 10.1. The summed E-state index contributed by atoms with van der Waals surface area (Å²) in [5.41, 5.74) is 4.77. The van der Waals surface area contributed by atoms with Gasteiger partial charge in [0.1, 0.15) is 0 Å². The number of rotatable bonds is 5. The molecular weight excluding hydrogens is 412 g/mol. The lowest BCUT2D eigenvalue weighted by Crippen LogP contribution is -2.41. The standard InChI is InChI=1S/C28H34N2O3/c31-27(23-11-10-22(18-23)26(28(32)33)21-7-2-1-3-8-21)30-16-14-20(15-17-30)25-13-12-19-6-4-5-9-24(19)29-25/h1-3,7-8,12-13,20,22-23,26H,4-6,9-11,14-18H2,(H,32,33)/t22?,23-,26-/m1/s1. The average Bonchev–Trinajstić information content (AvgIpc) is 3.33. The molecular formula is C28H34N2O3. The third-order valence-corrected chi connectivity index (χ3v) is 8.14. The molecule has 174 valence electrons. The van der Waals surface area contributed by atoms with Gasteiger partial charge in [0.15, 0.2) is 0 Å². The van der Waals surface area contributed by atoms with Gasteiger partial charge in [0, 0.05) is 36.3 Å². The number of likely N-dealkylation sites (tertiary alicyclic amines) is 1. The molecule has 1 aliphatic heterocycles. The first kappa shape index (κ1) is 22.1. The number of aromatic nitrogens is 1. The molecule has 5 heteroatoms. The highest BCUT2D eigenvalue weighted by Crippen LogP contribution is 2.42. The van der Waals surface area contributed by atoms with Crippen molar-refractivity contribution in [2.75, 3.05) is 13.1 Å². The van der Waals surface area contributed by atoms with E-state index in [9.17, 15) is 14.7 Å². The summed E-state index contributed by atoms with van der Waals surface area (Å²) in [7, 11) is 0. The van der Waals surface area contributed by atoms with Gasteiger partial charge in [-0.1, -0.05) is 36.4 Å². The summed E-state index contributed by atoms with van der Waals surface area (Å²) < 4.78 is 0. The van der Waals surface area contributed by atoms with E-state index in [1.165, 1.54) is 29.8 Å². The minimum Gasteiger partial charge on any atom is -0.481 e. The van der Waals surface area contributed by atoms with E-state index in [-0.39, 0.29) is 17.7 Å². The fourth-order valence-electron chi connectivity index (χ4n) is 6.30. The third-order valence-electron chi connectivity index (χ3n) is 8.14. The van der Waals surface area contributed by atoms with Crippen molar-refractivity contribution in [2.45, 2.75) is 69.6 Å². The molecule has 33 heavy (non-hydrogen) atoms. The van der Waals surface area contributed by atoms with Gasteiger partial charge in [0.25, 0.3) is 0 Å². The molecule has 5 nitrogen and oxygen atoms in total. The van der Waals surface area contributed by atoms with Crippen LogP contribution in [-0.2, 0) is 22.4 Å². The highest BCUT2D eigenvalue weighted by atomic mass is 16.4. The van der Waals surface area contributed by atoms with Crippen LogP contribution in [0.5, 0.6) is 0 Å². The molecule has 2 fully saturated rings. The number of carbonyl (C=O) groups is 2. The maximum absolute atomic E-state index is 13.3. The molecule has 1 saturated carbocycles. The van der Waals surface area contributed by atoms with Gasteiger partial charge in [-0.2, -0.15) is 0 Å². The summed E-state index contributed by atoms with van der Waals surface area (Å²) in [6.07, 6.45) is 8.99. The van der Waals surface area contributed by atoms with Crippen molar-refractivity contribution in [1.82, 2.24) is 9.88 Å². The van der Waals surface area contributed by atoms with Gasteiger partial charge in [-0.05, 0) is 80.9 Å². The van der Waals surface area contributed by atoms with Gasteiger partial charge < -0.3 is 10.0 Å². The van der Waals surface area contributed by atoms with Crippen molar-refractivity contribution in [3.8, 4) is 0 Å². The molecule has 0 bridgehead atoms. The number of carbonyl (C=O) groups excluding carboxylic acids is 1. The maximum atomic E-state index is 13.3. The predicted octanol–water partition coefficient (Wildman–Crippen LogP) is 4.95. The Hall–Kier alpha value is -2.69. The summed E-state index contributed by atoms with van der Waals surface area (Å²) in [6, 6.07) is 14.0. The predicted molar refractivity (Wildman–Crippen MR) is 127 cm³/mol. The monoisotopic (exact) mass is 446 g/mol. The summed E-state index contributed by atoms with van der Waals surface area (Å²) in [4.78, 5) is 32.3. The second-order valence-corrected chi connectivity index (χ2v) is 10.1. The molecule has 1 saturated heterocycles. The number of nitrogens with zero attached hydrogens (tertiary/aromatic N) is 2. The molecule has 3 aliphatic rings. The number of aryl methyl sites for hydroxylation is 2. The second kappa shape index (κ2) is 9.66. The van der Waals surface area contributed by atoms with Gasteiger partial charge in [0.05, 0.1) is 5.92 Å². The number of amides is 1. The number of hydrogen-bond donors (Lipinski definition) is 1. The van der Waals surface area contributed by atoms with Crippen LogP contribution < -0.4 is 0 Å². The molecule has 5 rings (SSSR count). The van der Waals surface area contributed by atoms with E-state index in [0.717, 1.165) is 57.2 Å². The minimum atomic E-state index is -0.780. The van der Waals surface area contributed by atoms with E-state index in [1.54, 1.807) is 0 Å². The molecule has 2 heterocycles. The lowest BCUT2D eigenvalue weighted by Gasteiger charge is -2.34. The van der Waals surface area contributed by atoms with Gasteiger partial charge in [0.2, 0.25) is 5.91 Å². The first-order valence-corrected chi connectivity index (χ1v) is 12.7. The van der Waals surface area contributed by atoms with E-state index >= 15 is 0 Å². The lowest BCUT2D eigenvalue weighted by atomic mass is 9.84. The molecule has 1 aromatic carbocycles. The van der Waals surface area contributed by atoms with Crippen LogP contribution in [0.2, 0.25) is 0 Å². The Morgan fingerprint density at radius 1 is 0.939 bits per heavy atom. The highest BCUT2D eigenvalue weighted by Gasteiger charge is 2.40. The molecule has 1 amide bonds. The van der Waals surface area contributed by atoms with Crippen molar-refractivity contribution < 1.29 is 14.7 Å². The van der Waals surface area contributed by atoms with Crippen LogP contribution in [0.15, 0.2) is 42.5 Å². The number of hydrogen-bond acceptors (Lipinski definition) is 3. The number of aliphatic carboxylic acids is 1. The quantitative estimate of drug-likeness (QED) is 0.705. The van der Waals surface area contributed by atoms with Crippen LogP contribution >= 0.6 is 0 Å². The molecule has 1 N–H and O–H groups in total. The third kappa shape index (κ3) is 4.68. The molecule has 0 radical (unpaired) electrons. The normalized spacial score (nSPS) is 24.3. The van der Waals surface area contributed by atoms with Crippen LogP contribution in [-0.4, -0.2) is 40.0 Å².